The summed E-state index contributed by atoms with van der Waals surface area (Å²) in [6.07, 6.45) is 4.27. The molecule has 0 aliphatic rings. The van der Waals surface area contributed by atoms with Gasteiger partial charge in [0.05, 0.1) is 23.4 Å². The van der Waals surface area contributed by atoms with Crippen molar-refractivity contribution in [2.75, 3.05) is 0 Å². The molecular formula is C18H11N7O4S. The second-order valence-electron chi connectivity index (χ2n) is 6.36. The minimum Gasteiger partial charge on any atom is -0.292 e. The molecule has 0 atom stereocenters. The molecule has 148 valence electrons. The van der Waals surface area contributed by atoms with Gasteiger partial charge in [0, 0.05) is 23.7 Å². The minimum absolute atomic E-state index is 0.0576. The summed E-state index contributed by atoms with van der Waals surface area (Å²) in [5.74, 6) is 0. The Morgan fingerprint density at radius 3 is 2.87 bits per heavy atom. The summed E-state index contributed by atoms with van der Waals surface area (Å²) in [4.78, 5) is 45.1. The third kappa shape index (κ3) is 2.78. The molecular weight excluding hydrogens is 410 g/mol. The van der Waals surface area contributed by atoms with Gasteiger partial charge in [-0.3, -0.25) is 28.7 Å². The number of para-hydroxylation sites is 2. The lowest BCUT2D eigenvalue weighted by Crippen LogP contribution is -2.23. The van der Waals surface area contributed by atoms with Crippen LogP contribution in [0.5, 0.6) is 0 Å². The van der Waals surface area contributed by atoms with Crippen LogP contribution in [0.3, 0.4) is 0 Å². The van der Waals surface area contributed by atoms with Gasteiger partial charge in [0.2, 0.25) is 0 Å². The molecule has 0 aliphatic heterocycles. The number of nitrogens with zero attached hydrogens (tertiary/aromatic N) is 7. The number of hydrogen-bond donors (Lipinski definition) is 0. The Bertz CT molecular complexity index is 1560. The third-order valence-corrected chi connectivity index (χ3v) is 5.31. The van der Waals surface area contributed by atoms with E-state index in [4.69, 9.17) is 0 Å². The molecule has 0 spiro atoms. The normalized spacial score (nSPS) is 11.3. The predicted molar refractivity (Wildman–Crippen MR) is 108 cm³/mol. The van der Waals surface area contributed by atoms with Gasteiger partial charge < -0.3 is 0 Å². The fourth-order valence-corrected chi connectivity index (χ4v) is 3.92. The highest BCUT2D eigenvalue weighted by Crippen LogP contribution is 2.23. The van der Waals surface area contributed by atoms with Crippen molar-refractivity contribution in [2.24, 2.45) is 0 Å². The van der Waals surface area contributed by atoms with Gasteiger partial charge in [-0.2, -0.15) is 5.10 Å². The zero-order valence-corrected chi connectivity index (χ0v) is 15.9. The van der Waals surface area contributed by atoms with E-state index >= 15 is 0 Å². The second-order valence-corrected chi connectivity index (χ2v) is 7.23. The monoisotopic (exact) mass is 421 g/mol. The molecule has 0 radical (unpaired) electrons. The van der Waals surface area contributed by atoms with Crippen LogP contribution in [0, 0.1) is 10.1 Å². The van der Waals surface area contributed by atoms with Gasteiger partial charge in [-0.15, -0.1) is 11.3 Å². The summed E-state index contributed by atoms with van der Waals surface area (Å²) in [6.45, 7) is 0.0576. The van der Waals surface area contributed by atoms with E-state index in [1.165, 1.54) is 55.7 Å². The average Bonchev–Trinajstić information content (AvgIpc) is 3.37. The van der Waals surface area contributed by atoms with Crippen LogP contribution in [0.25, 0.3) is 21.7 Å². The van der Waals surface area contributed by atoms with Crippen molar-refractivity contribution in [2.45, 2.75) is 6.54 Å². The predicted octanol–water partition coefficient (Wildman–Crippen LogP) is 1.61. The average molecular weight is 421 g/mol. The maximum absolute atomic E-state index is 12.9. The fourth-order valence-electron chi connectivity index (χ4n) is 3.18. The molecule has 0 bridgehead atoms. The van der Waals surface area contributed by atoms with E-state index in [9.17, 15) is 19.7 Å². The Labute approximate surface area is 170 Å². The number of hydrogen-bond acceptors (Lipinski definition) is 8. The number of fused-ring (bicyclic) bond motifs is 2. The molecule has 0 aliphatic carbocycles. The number of nitro benzene ring substituents is 1. The Kier molecular flexibility index (Phi) is 3.99. The number of nitro groups is 1. The van der Waals surface area contributed by atoms with Crippen LogP contribution in [0.1, 0.15) is 5.69 Å². The van der Waals surface area contributed by atoms with Crippen LogP contribution in [-0.2, 0) is 6.54 Å². The minimum atomic E-state index is -0.519. The molecule has 0 fully saturated rings. The van der Waals surface area contributed by atoms with Gasteiger partial charge in [0.1, 0.15) is 17.4 Å². The van der Waals surface area contributed by atoms with Gasteiger partial charge in [-0.05, 0) is 6.07 Å². The molecule has 0 N–H and O–H groups in total. The van der Waals surface area contributed by atoms with E-state index in [-0.39, 0.29) is 34.5 Å². The summed E-state index contributed by atoms with van der Waals surface area (Å²) < 4.78 is 4.01. The molecule has 1 aromatic carbocycles. The molecule has 5 rings (SSSR count). The van der Waals surface area contributed by atoms with E-state index in [1.807, 2.05) is 0 Å². The van der Waals surface area contributed by atoms with Gasteiger partial charge >= 0.3 is 0 Å². The summed E-state index contributed by atoms with van der Waals surface area (Å²) in [6, 6.07) is 7.45. The Morgan fingerprint density at radius 1 is 1.20 bits per heavy atom. The summed E-state index contributed by atoms with van der Waals surface area (Å²) in [5.41, 5.74) is 0.0621. The Morgan fingerprint density at radius 2 is 2.03 bits per heavy atom. The number of rotatable bonds is 4. The maximum Gasteiger partial charge on any atom is 0.294 e. The zero-order chi connectivity index (χ0) is 20.8. The van der Waals surface area contributed by atoms with Crippen LogP contribution >= 0.6 is 11.3 Å². The maximum atomic E-state index is 12.9. The molecule has 0 saturated carbocycles. The quantitative estimate of drug-likeness (QED) is 0.318. The van der Waals surface area contributed by atoms with Gasteiger partial charge in [0.25, 0.3) is 16.8 Å². The van der Waals surface area contributed by atoms with Crippen molar-refractivity contribution in [1.82, 2.24) is 28.7 Å². The van der Waals surface area contributed by atoms with Crippen LogP contribution in [0.4, 0.5) is 5.69 Å². The molecule has 30 heavy (non-hydrogen) atoms. The van der Waals surface area contributed by atoms with E-state index in [2.05, 4.69) is 15.1 Å². The lowest BCUT2D eigenvalue weighted by molar-refractivity contribution is -0.384. The molecule has 4 aromatic heterocycles. The topological polar surface area (TPSA) is 130 Å². The van der Waals surface area contributed by atoms with E-state index < -0.39 is 10.5 Å². The highest BCUT2D eigenvalue weighted by molar-refractivity contribution is 7.15. The van der Waals surface area contributed by atoms with Gasteiger partial charge in [-0.1, -0.05) is 12.1 Å². The Hall–Kier alpha value is -4.19. The molecule has 0 amide bonds. The van der Waals surface area contributed by atoms with Crippen LogP contribution in [0.15, 0.2) is 64.0 Å². The zero-order valence-electron chi connectivity index (χ0n) is 15.1. The molecule has 12 heteroatoms. The van der Waals surface area contributed by atoms with Crippen molar-refractivity contribution in [3.63, 3.8) is 0 Å². The first-order valence-corrected chi connectivity index (χ1v) is 9.53. The van der Waals surface area contributed by atoms with E-state index in [1.54, 1.807) is 23.7 Å². The van der Waals surface area contributed by atoms with Crippen LogP contribution in [0.2, 0.25) is 0 Å². The van der Waals surface area contributed by atoms with Crippen LogP contribution in [-0.4, -0.2) is 33.6 Å². The fraction of sp³-hybridized carbons (Fsp3) is 0.0556. The first-order valence-electron chi connectivity index (χ1n) is 8.65. The van der Waals surface area contributed by atoms with Crippen molar-refractivity contribution in [3.8, 4) is 5.69 Å². The number of benzene rings is 1. The lowest BCUT2D eigenvalue weighted by atomic mass is 10.2. The first kappa shape index (κ1) is 17.9. The van der Waals surface area contributed by atoms with Crippen molar-refractivity contribution in [3.05, 3.63) is 90.9 Å². The van der Waals surface area contributed by atoms with Crippen molar-refractivity contribution in [1.29, 1.82) is 0 Å². The summed E-state index contributed by atoms with van der Waals surface area (Å²) in [7, 11) is 0. The summed E-state index contributed by atoms with van der Waals surface area (Å²) in [5, 5.41) is 17.4. The number of aromatic nitrogens is 6. The van der Waals surface area contributed by atoms with Gasteiger partial charge in [-0.25, -0.2) is 14.6 Å². The molecule has 0 unspecified atom stereocenters. The lowest BCUT2D eigenvalue weighted by Gasteiger charge is -2.06. The molecule has 4 heterocycles. The molecule has 0 saturated heterocycles. The highest BCUT2D eigenvalue weighted by atomic mass is 32.1. The van der Waals surface area contributed by atoms with Crippen LogP contribution < -0.4 is 11.1 Å². The SMILES string of the molecule is O=c1c2cnn(-c3ccccc3[N+](=O)[O-])c2ncn1Cc1cc(=O)n2ccsc2n1. The summed E-state index contributed by atoms with van der Waals surface area (Å²) >= 11 is 1.32. The standard InChI is InChI=1S/C18H11N7O4S/c26-15-7-11(21-18-23(15)5-6-30-18)9-22-10-19-16-12(17(22)27)8-20-24(16)13-3-1-2-4-14(13)25(28)29/h1-8,10H,9H2. The molecule has 5 aromatic rings. The smallest absolute Gasteiger partial charge is 0.292 e. The van der Waals surface area contributed by atoms with E-state index in [0.29, 0.717) is 10.7 Å². The second kappa shape index (κ2) is 6.70. The van der Waals surface area contributed by atoms with Crippen molar-refractivity contribution < 1.29 is 4.92 Å². The highest BCUT2D eigenvalue weighted by Gasteiger charge is 2.19. The number of thiazole rings is 1. The largest absolute Gasteiger partial charge is 0.294 e. The van der Waals surface area contributed by atoms with Gasteiger partial charge in [0.15, 0.2) is 10.6 Å². The van der Waals surface area contributed by atoms with E-state index in [0.717, 1.165) is 0 Å². The third-order valence-electron chi connectivity index (χ3n) is 4.55. The van der Waals surface area contributed by atoms with Crippen molar-refractivity contribution >= 4 is 33.0 Å². The first-order chi connectivity index (χ1) is 14.5. The molecule has 11 nitrogen and oxygen atoms in total. The Balaban J connectivity index is 1.60.